The molecule has 244 valence electrons. The van der Waals surface area contributed by atoms with Crippen LogP contribution in [0.1, 0.15) is 26.3 Å². The van der Waals surface area contributed by atoms with E-state index in [1.807, 2.05) is 25.1 Å². The van der Waals surface area contributed by atoms with Crippen LogP contribution in [0.3, 0.4) is 0 Å². The number of halogens is 4. The number of amides is 2. The largest absolute Gasteiger partial charge is 0.482 e. The number of aromatic nitrogens is 3. The van der Waals surface area contributed by atoms with Gasteiger partial charge < -0.3 is 25.6 Å². The Kier molecular flexibility index (Phi) is 10.00. The van der Waals surface area contributed by atoms with E-state index in [1.165, 1.54) is 34.8 Å². The number of benzene rings is 3. The monoisotopic (exact) mass is 649 g/mol. The number of carbonyl (C=O) groups is 2. The van der Waals surface area contributed by atoms with Crippen LogP contribution in [0.5, 0.6) is 5.75 Å². The molecule has 2 aromatic heterocycles. The maximum Gasteiger partial charge on any atom is 0.422 e. The Balaban J connectivity index is 1.29. The van der Waals surface area contributed by atoms with Crippen molar-refractivity contribution in [2.45, 2.75) is 12.7 Å². The molecule has 0 radical (unpaired) electrons. The van der Waals surface area contributed by atoms with E-state index >= 15 is 0 Å². The van der Waals surface area contributed by atoms with E-state index in [0.717, 1.165) is 16.7 Å². The summed E-state index contributed by atoms with van der Waals surface area (Å²) in [7, 11) is 3.70. The Morgan fingerprint density at radius 3 is 2.26 bits per heavy atom. The molecule has 0 saturated heterocycles. The van der Waals surface area contributed by atoms with Gasteiger partial charge >= 0.3 is 6.18 Å². The number of pyridine rings is 1. The zero-order valence-corrected chi connectivity index (χ0v) is 25.4. The van der Waals surface area contributed by atoms with Gasteiger partial charge in [-0.2, -0.15) is 18.2 Å². The summed E-state index contributed by atoms with van der Waals surface area (Å²) in [4.78, 5) is 31.4. The Morgan fingerprint density at radius 1 is 0.872 bits per heavy atom. The van der Waals surface area contributed by atoms with Gasteiger partial charge in [-0.3, -0.25) is 9.59 Å². The van der Waals surface area contributed by atoms with Crippen molar-refractivity contribution in [2.75, 3.05) is 39.1 Å². The predicted octanol–water partition coefficient (Wildman–Crippen LogP) is 5.44. The molecule has 0 bridgehead atoms. The molecule has 0 unspecified atom stereocenters. The highest BCUT2D eigenvalue weighted by atomic mass is 19.4. The fourth-order valence-corrected chi connectivity index (χ4v) is 4.47. The van der Waals surface area contributed by atoms with Crippen LogP contribution in [0, 0.1) is 5.82 Å². The van der Waals surface area contributed by atoms with Gasteiger partial charge in [-0.05, 0) is 79.8 Å². The number of likely N-dealkylation sites (N-methyl/N-ethyl adjacent to an activating group) is 1. The molecule has 3 aromatic carbocycles. The van der Waals surface area contributed by atoms with E-state index in [1.54, 1.807) is 48.7 Å². The van der Waals surface area contributed by atoms with Gasteiger partial charge in [-0.25, -0.2) is 8.91 Å². The summed E-state index contributed by atoms with van der Waals surface area (Å²) in [5, 5.41) is 12.8. The van der Waals surface area contributed by atoms with Crippen molar-refractivity contribution in [3.8, 4) is 16.9 Å². The first kappa shape index (κ1) is 32.9. The average Bonchev–Trinajstić information content (AvgIpc) is 3.45. The molecule has 0 spiro atoms. The summed E-state index contributed by atoms with van der Waals surface area (Å²) in [6.07, 6.45) is -2.87. The van der Waals surface area contributed by atoms with Crippen LogP contribution in [0.4, 0.5) is 29.2 Å². The van der Waals surface area contributed by atoms with Crippen LogP contribution in [-0.4, -0.2) is 71.3 Å². The molecule has 3 N–H and O–H groups in total. The first-order valence-corrected chi connectivity index (χ1v) is 14.5. The third kappa shape index (κ3) is 9.04. The standard InChI is InChI=1S/C33H31F4N7O3/c1-43(2)16-15-38-31(46)24-9-13-27(28(17-24)47-20-33(35,36)37)40-32-41-29-14-10-25(19-44(29)42-32)22-5-7-23(8-6-22)30(45)39-18-21-3-11-26(34)12-4-21/h3-14,17,19H,15-16,18,20H2,1-2H3,(H,38,46)(H,39,45)(H,40,42). The van der Waals surface area contributed by atoms with E-state index in [0.29, 0.717) is 24.3 Å². The average molecular weight is 650 g/mol. The van der Waals surface area contributed by atoms with E-state index in [2.05, 4.69) is 26.0 Å². The van der Waals surface area contributed by atoms with E-state index in [4.69, 9.17) is 4.74 Å². The van der Waals surface area contributed by atoms with Crippen molar-refractivity contribution < 1.29 is 31.9 Å². The summed E-state index contributed by atoms with van der Waals surface area (Å²) in [5.41, 5.74) is 3.53. The maximum atomic E-state index is 13.1. The summed E-state index contributed by atoms with van der Waals surface area (Å²) < 4.78 is 58.7. The molecule has 47 heavy (non-hydrogen) atoms. The van der Waals surface area contributed by atoms with Crippen molar-refractivity contribution in [2.24, 2.45) is 0 Å². The molecular formula is C33H31F4N7O3. The second-order valence-electron chi connectivity index (χ2n) is 10.8. The summed E-state index contributed by atoms with van der Waals surface area (Å²) in [6.45, 7) is -0.348. The van der Waals surface area contributed by atoms with Gasteiger partial charge in [0, 0.05) is 42.5 Å². The fourth-order valence-electron chi connectivity index (χ4n) is 4.47. The van der Waals surface area contributed by atoms with Gasteiger partial charge in [0.1, 0.15) is 11.6 Å². The quantitative estimate of drug-likeness (QED) is 0.154. The van der Waals surface area contributed by atoms with Crippen molar-refractivity contribution in [1.29, 1.82) is 0 Å². The molecule has 14 heteroatoms. The van der Waals surface area contributed by atoms with Gasteiger partial charge in [0.25, 0.3) is 11.8 Å². The van der Waals surface area contributed by atoms with Crippen molar-refractivity contribution in [3.63, 3.8) is 0 Å². The minimum absolute atomic E-state index is 0.0929. The van der Waals surface area contributed by atoms with Crippen molar-refractivity contribution in [3.05, 3.63) is 108 Å². The number of hydrogen-bond donors (Lipinski definition) is 3. The highest BCUT2D eigenvalue weighted by Crippen LogP contribution is 2.30. The van der Waals surface area contributed by atoms with Crippen LogP contribution in [0.15, 0.2) is 85.1 Å². The number of fused-ring (bicyclic) bond motifs is 1. The lowest BCUT2D eigenvalue weighted by atomic mass is 10.1. The summed E-state index contributed by atoms with van der Waals surface area (Å²) in [5.74, 6) is -1.18. The highest BCUT2D eigenvalue weighted by Gasteiger charge is 2.29. The van der Waals surface area contributed by atoms with E-state index in [9.17, 15) is 27.2 Å². The molecular weight excluding hydrogens is 618 g/mol. The second-order valence-corrected chi connectivity index (χ2v) is 10.8. The smallest absolute Gasteiger partial charge is 0.422 e. The fraction of sp³-hybridized carbons (Fsp3) is 0.212. The number of rotatable bonds is 12. The van der Waals surface area contributed by atoms with Crippen LogP contribution >= 0.6 is 0 Å². The first-order chi connectivity index (χ1) is 22.4. The zero-order chi connectivity index (χ0) is 33.6. The molecule has 0 aliphatic rings. The van der Waals surface area contributed by atoms with Crippen molar-refractivity contribution >= 4 is 29.1 Å². The normalized spacial score (nSPS) is 11.5. The van der Waals surface area contributed by atoms with Crippen LogP contribution < -0.4 is 20.7 Å². The Hall–Kier alpha value is -5.50. The minimum Gasteiger partial charge on any atom is -0.482 e. The molecule has 5 aromatic rings. The third-order valence-corrected chi connectivity index (χ3v) is 6.90. The van der Waals surface area contributed by atoms with Gasteiger partial charge in [-0.15, -0.1) is 5.10 Å². The molecule has 0 saturated carbocycles. The topological polar surface area (TPSA) is 113 Å². The van der Waals surface area contributed by atoms with E-state index < -0.39 is 18.7 Å². The predicted molar refractivity (Wildman–Crippen MR) is 168 cm³/mol. The minimum atomic E-state index is -4.59. The zero-order valence-electron chi connectivity index (χ0n) is 25.4. The van der Waals surface area contributed by atoms with E-state index in [-0.39, 0.29) is 41.2 Å². The summed E-state index contributed by atoms with van der Waals surface area (Å²) in [6, 6.07) is 20.5. The number of anilines is 2. The first-order valence-electron chi connectivity index (χ1n) is 14.5. The number of alkyl halides is 3. The number of carbonyl (C=O) groups excluding carboxylic acids is 2. The maximum absolute atomic E-state index is 13.1. The Labute approximate surface area is 267 Å². The highest BCUT2D eigenvalue weighted by molar-refractivity contribution is 5.95. The molecule has 2 heterocycles. The lowest BCUT2D eigenvalue weighted by Gasteiger charge is -2.15. The van der Waals surface area contributed by atoms with Crippen LogP contribution in [-0.2, 0) is 6.54 Å². The van der Waals surface area contributed by atoms with Gasteiger partial charge in [0.05, 0.1) is 5.69 Å². The van der Waals surface area contributed by atoms with Gasteiger partial charge in [-0.1, -0.05) is 24.3 Å². The summed E-state index contributed by atoms with van der Waals surface area (Å²) >= 11 is 0. The molecule has 5 rings (SSSR count). The third-order valence-electron chi connectivity index (χ3n) is 6.90. The number of ether oxygens (including phenoxy) is 1. The SMILES string of the molecule is CN(C)CCNC(=O)c1ccc(Nc2nc3ccc(-c4ccc(C(=O)NCc5ccc(F)cc5)cc4)cn3n2)c(OCC(F)(F)F)c1. The lowest BCUT2D eigenvalue weighted by molar-refractivity contribution is -0.153. The van der Waals surface area contributed by atoms with Gasteiger partial charge in [0.15, 0.2) is 12.3 Å². The number of nitrogens with zero attached hydrogens (tertiary/aromatic N) is 4. The molecule has 0 atom stereocenters. The van der Waals surface area contributed by atoms with Gasteiger partial charge in [0.2, 0.25) is 5.95 Å². The molecule has 0 aliphatic heterocycles. The molecule has 2 amide bonds. The Morgan fingerprint density at radius 2 is 1.55 bits per heavy atom. The Bertz CT molecular complexity index is 1860. The molecule has 0 aliphatic carbocycles. The van der Waals surface area contributed by atoms with Crippen LogP contribution in [0.2, 0.25) is 0 Å². The van der Waals surface area contributed by atoms with Crippen molar-refractivity contribution in [1.82, 2.24) is 30.1 Å². The second kappa shape index (κ2) is 14.3. The van der Waals surface area contributed by atoms with Crippen LogP contribution in [0.25, 0.3) is 16.8 Å². The number of nitrogens with one attached hydrogen (secondary N) is 3. The lowest BCUT2D eigenvalue weighted by Crippen LogP contribution is -2.31. The number of hydrogen-bond acceptors (Lipinski definition) is 7. The molecule has 10 nitrogen and oxygen atoms in total. The molecule has 0 fully saturated rings.